The molecule has 0 amide bonds. The lowest BCUT2D eigenvalue weighted by molar-refractivity contribution is 0.224. The summed E-state index contributed by atoms with van der Waals surface area (Å²) in [6, 6.07) is 13.8. The van der Waals surface area contributed by atoms with Crippen molar-refractivity contribution in [3.63, 3.8) is 0 Å². The van der Waals surface area contributed by atoms with E-state index in [1.165, 1.54) is 12.1 Å². The van der Waals surface area contributed by atoms with Crippen LogP contribution >= 0.6 is 15.9 Å². The average molecular weight is 324 g/mol. The lowest BCUT2D eigenvalue weighted by atomic mass is 9.92. The zero-order valence-corrected chi connectivity index (χ0v) is 12.1. The summed E-state index contributed by atoms with van der Waals surface area (Å²) >= 11 is 3.42. The van der Waals surface area contributed by atoms with Crippen molar-refractivity contribution in [2.75, 3.05) is 11.9 Å². The van der Waals surface area contributed by atoms with Crippen LogP contribution in [0.3, 0.4) is 0 Å². The molecule has 4 heteroatoms. The number of hydrogen-bond acceptors (Lipinski definition) is 2. The first kappa shape index (κ1) is 14.0. The van der Waals surface area contributed by atoms with Gasteiger partial charge in [-0.05, 0) is 48.9 Å². The normalized spacial score (nSPS) is 13.9. The van der Waals surface area contributed by atoms with Crippen molar-refractivity contribution in [1.82, 2.24) is 0 Å². The molecule has 2 nitrogen and oxygen atoms in total. The van der Waals surface area contributed by atoms with Gasteiger partial charge in [0.25, 0.3) is 0 Å². The first-order valence-corrected chi connectivity index (χ1v) is 6.73. The minimum absolute atomic E-state index is 0.0686. The summed E-state index contributed by atoms with van der Waals surface area (Å²) in [6.45, 7) is 1.83. The zero-order valence-electron chi connectivity index (χ0n) is 10.5. The Balaban J connectivity index is 2.30. The fourth-order valence-corrected chi connectivity index (χ4v) is 2.29. The maximum atomic E-state index is 12.9. The van der Waals surface area contributed by atoms with Gasteiger partial charge in [0, 0.05) is 10.2 Å². The molecule has 0 bridgehead atoms. The molecule has 0 aromatic heterocycles. The third kappa shape index (κ3) is 3.33. The highest BCUT2D eigenvalue weighted by Crippen LogP contribution is 2.27. The van der Waals surface area contributed by atoms with E-state index in [0.717, 1.165) is 15.7 Å². The average Bonchev–Trinajstić information content (AvgIpc) is 2.41. The van der Waals surface area contributed by atoms with Gasteiger partial charge < -0.3 is 10.4 Å². The van der Waals surface area contributed by atoms with Crippen LogP contribution in [0, 0.1) is 5.82 Å². The summed E-state index contributed by atoms with van der Waals surface area (Å²) < 4.78 is 13.8. The molecule has 19 heavy (non-hydrogen) atoms. The van der Waals surface area contributed by atoms with Gasteiger partial charge in [0.1, 0.15) is 5.82 Å². The maximum absolute atomic E-state index is 12.9. The molecule has 0 aliphatic rings. The van der Waals surface area contributed by atoms with E-state index < -0.39 is 5.54 Å². The minimum atomic E-state index is -0.623. The predicted octanol–water partition coefficient (Wildman–Crippen LogP) is 3.91. The van der Waals surface area contributed by atoms with E-state index in [4.69, 9.17) is 0 Å². The molecular weight excluding hydrogens is 309 g/mol. The van der Waals surface area contributed by atoms with Gasteiger partial charge in [0.05, 0.1) is 12.1 Å². The van der Waals surface area contributed by atoms with Crippen LogP contribution < -0.4 is 5.32 Å². The highest BCUT2D eigenvalue weighted by atomic mass is 79.9. The summed E-state index contributed by atoms with van der Waals surface area (Å²) in [5.41, 5.74) is 1.09. The molecule has 0 heterocycles. The zero-order chi connectivity index (χ0) is 13.9. The number of anilines is 1. The van der Waals surface area contributed by atoms with E-state index in [9.17, 15) is 9.50 Å². The van der Waals surface area contributed by atoms with Gasteiger partial charge in [-0.3, -0.25) is 0 Å². The Labute approximate surface area is 120 Å². The lowest BCUT2D eigenvalue weighted by Crippen LogP contribution is -2.35. The summed E-state index contributed by atoms with van der Waals surface area (Å²) in [5.74, 6) is -0.279. The van der Waals surface area contributed by atoms with Crippen molar-refractivity contribution in [3.05, 3.63) is 64.4 Å². The fraction of sp³-hybridized carbons (Fsp3) is 0.200. The van der Waals surface area contributed by atoms with Crippen molar-refractivity contribution >= 4 is 21.6 Å². The lowest BCUT2D eigenvalue weighted by Gasteiger charge is -2.30. The molecule has 100 valence electrons. The van der Waals surface area contributed by atoms with E-state index in [0.29, 0.717) is 0 Å². The quantitative estimate of drug-likeness (QED) is 0.894. The van der Waals surface area contributed by atoms with Gasteiger partial charge in [-0.1, -0.05) is 28.1 Å². The molecule has 2 aromatic rings. The SMILES string of the molecule is CC(CO)(Nc1ccc(F)cc1)c1cccc(Br)c1. The Kier molecular flexibility index (Phi) is 4.22. The third-order valence-corrected chi connectivity index (χ3v) is 3.54. The van der Waals surface area contributed by atoms with Crippen molar-refractivity contribution < 1.29 is 9.50 Å². The van der Waals surface area contributed by atoms with E-state index in [1.807, 2.05) is 31.2 Å². The molecule has 0 saturated heterocycles. The van der Waals surface area contributed by atoms with Gasteiger partial charge in [-0.25, -0.2) is 4.39 Å². The Morgan fingerprint density at radius 2 is 1.89 bits per heavy atom. The first-order valence-electron chi connectivity index (χ1n) is 5.94. The smallest absolute Gasteiger partial charge is 0.123 e. The van der Waals surface area contributed by atoms with Crippen LogP contribution in [0.15, 0.2) is 53.0 Å². The first-order chi connectivity index (χ1) is 9.03. The van der Waals surface area contributed by atoms with Crippen LogP contribution in [-0.4, -0.2) is 11.7 Å². The number of halogens is 2. The van der Waals surface area contributed by atoms with Crippen LogP contribution in [0.1, 0.15) is 12.5 Å². The molecule has 2 aromatic carbocycles. The molecule has 1 unspecified atom stereocenters. The predicted molar refractivity (Wildman–Crippen MR) is 78.6 cm³/mol. The fourth-order valence-electron chi connectivity index (χ4n) is 1.89. The van der Waals surface area contributed by atoms with Gasteiger partial charge in [-0.15, -0.1) is 0 Å². The molecule has 0 aliphatic heterocycles. The van der Waals surface area contributed by atoms with E-state index in [-0.39, 0.29) is 12.4 Å². The molecule has 0 aliphatic carbocycles. The Morgan fingerprint density at radius 3 is 2.47 bits per heavy atom. The number of aliphatic hydroxyl groups excluding tert-OH is 1. The minimum Gasteiger partial charge on any atom is -0.394 e. The number of nitrogens with one attached hydrogen (secondary N) is 1. The molecular formula is C15H15BrFNO. The Hall–Kier alpha value is -1.39. The van der Waals surface area contributed by atoms with Crippen LogP contribution in [0.25, 0.3) is 0 Å². The molecule has 2 rings (SSSR count). The highest BCUT2D eigenvalue weighted by Gasteiger charge is 2.25. The number of aliphatic hydroxyl groups is 1. The van der Waals surface area contributed by atoms with Gasteiger partial charge >= 0.3 is 0 Å². The molecule has 0 radical (unpaired) electrons. The van der Waals surface area contributed by atoms with Gasteiger partial charge in [-0.2, -0.15) is 0 Å². The van der Waals surface area contributed by atoms with Crippen LogP contribution in [-0.2, 0) is 5.54 Å². The molecule has 1 atom stereocenters. The molecule has 0 saturated carbocycles. The Bertz CT molecular complexity index is 558. The highest BCUT2D eigenvalue weighted by molar-refractivity contribution is 9.10. The topological polar surface area (TPSA) is 32.3 Å². The largest absolute Gasteiger partial charge is 0.394 e. The summed E-state index contributed by atoms with van der Waals surface area (Å²) in [6.07, 6.45) is 0. The van der Waals surface area contributed by atoms with Crippen LogP contribution in [0.5, 0.6) is 0 Å². The monoisotopic (exact) mass is 323 g/mol. The maximum Gasteiger partial charge on any atom is 0.123 e. The molecule has 2 N–H and O–H groups in total. The van der Waals surface area contributed by atoms with Crippen LogP contribution in [0.2, 0.25) is 0 Å². The second-order valence-electron chi connectivity index (χ2n) is 4.63. The number of rotatable bonds is 4. The third-order valence-electron chi connectivity index (χ3n) is 3.04. The van der Waals surface area contributed by atoms with Crippen molar-refractivity contribution in [2.24, 2.45) is 0 Å². The Morgan fingerprint density at radius 1 is 1.21 bits per heavy atom. The number of hydrogen-bond donors (Lipinski definition) is 2. The standard InChI is InChI=1S/C15H15BrFNO/c1-15(10-19,11-3-2-4-12(16)9-11)18-14-7-5-13(17)6-8-14/h2-9,18-19H,10H2,1H3. The summed E-state index contributed by atoms with van der Waals surface area (Å²) in [5, 5.41) is 12.9. The van der Waals surface area contributed by atoms with Gasteiger partial charge in [0.2, 0.25) is 0 Å². The van der Waals surface area contributed by atoms with E-state index in [2.05, 4.69) is 21.2 Å². The van der Waals surface area contributed by atoms with Crippen LogP contribution in [0.4, 0.5) is 10.1 Å². The van der Waals surface area contributed by atoms with E-state index in [1.54, 1.807) is 12.1 Å². The molecule has 0 fully saturated rings. The van der Waals surface area contributed by atoms with Crippen molar-refractivity contribution in [3.8, 4) is 0 Å². The summed E-state index contributed by atoms with van der Waals surface area (Å²) in [7, 11) is 0. The van der Waals surface area contributed by atoms with E-state index >= 15 is 0 Å². The van der Waals surface area contributed by atoms with Gasteiger partial charge in [0.15, 0.2) is 0 Å². The second-order valence-corrected chi connectivity index (χ2v) is 5.55. The second kappa shape index (κ2) is 5.72. The summed E-state index contributed by atoms with van der Waals surface area (Å²) in [4.78, 5) is 0. The molecule has 0 spiro atoms. The van der Waals surface area contributed by atoms with Crippen molar-refractivity contribution in [2.45, 2.75) is 12.5 Å². The van der Waals surface area contributed by atoms with Crippen molar-refractivity contribution in [1.29, 1.82) is 0 Å². The number of benzene rings is 2.